The lowest BCUT2D eigenvalue weighted by molar-refractivity contribution is -0.119. The summed E-state index contributed by atoms with van der Waals surface area (Å²) in [5.74, 6) is -0.292. The highest BCUT2D eigenvalue weighted by Gasteiger charge is 2.07. The predicted octanol–water partition coefficient (Wildman–Crippen LogP) is 4.57. The van der Waals surface area contributed by atoms with Crippen molar-refractivity contribution in [2.45, 2.75) is 23.6 Å². The first-order valence-electron chi connectivity index (χ1n) is 9.08. The monoisotopic (exact) mass is 406 g/mol. The average molecular weight is 407 g/mol. The van der Waals surface area contributed by atoms with E-state index >= 15 is 0 Å². The van der Waals surface area contributed by atoms with Crippen molar-refractivity contribution in [2.24, 2.45) is 5.73 Å². The summed E-state index contributed by atoms with van der Waals surface area (Å²) >= 11 is 1.68. The highest BCUT2D eigenvalue weighted by atomic mass is 32.2. The normalized spacial score (nSPS) is 10.4. The number of carbonyl (C=O) groups excluding carboxylic acids is 2. The second-order valence-electron chi connectivity index (χ2n) is 6.61. The molecule has 0 saturated heterocycles. The largest absolute Gasteiger partial charge is 0.484 e. The maximum Gasteiger partial charge on any atom is 0.255 e. The Kier molecular flexibility index (Phi) is 6.57. The summed E-state index contributed by atoms with van der Waals surface area (Å²) in [5, 5.41) is 2.87. The Labute approximate surface area is 174 Å². The number of anilines is 1. The van der Waals surface area contributed by atoms with Gasteiger partial charge in [-0.25, -0.2) is 0 Å². The predicted molar refractivity (Wildman–Crippen MR) is 116 cm³/mol. The van der Waals surface area contributed by atoms with E-state index < -0.39 is 5.91 Å². The highest BCUT2D eigenvalue weighted by molar-refractivity contribution is 7.99. The second-order valence-corrected chi connectivity index (χ2v) is 7.75. The fraction of sp³-hybridized carbons (Fsp3) is 0.130. The maximum atomic E-state index is 12.4. The number of primary amides is 1. The molecule has 148 valence electrons. The number of rotatable bonds is 7. The average Bonchev–Trinajstić information content (AvgIpc) is 2.71. The molecule has 0 saturated carbocycles. The minimum absolute atomic E-state index is 0.196. The van der Waals surface area contributed by atoms with Crippen molar-refractivity contribution in [1.82, 2.24) is 0 Å². The molecule has 5 nitrogen and oxygen atoms in total. The van der Waals surface area contributed by atoms with Gasteiger partial charge in [0.1, 0.15) is 5.75 Å². The molecule has 3 rings (SSSR count). The topological polar surface area (TPSA) is 81.4 Å². The quantitative estimate of drug-likeness (QED) is 0.602. The fourth-order valence-electron chi connectivity index (χ4n) is 2.58. The van der Waals surface area contributed by atoms with E-state index in [4.69, 9.17) is 10.5 Å². The molecule has 0 atom stereocenters. The number of ether oxygens (including phenoxy) is 1. The summed E-state index contributed by atoms with van der Waals surface area (Å²) in [6, 6.07) is 20.7. The molecule has 3 aromatic rings. The Bertz CT molecular complexity index is 1020. The van der Waals surface area contributed by atoms with E-state index in [0.29, 0.717) is 17.0 Å². The maximum absolute atomic E-state index is 12.4. The SMILES string of the molecule is Cc1ccc(Sc2ccc(NC(=O)c3ccc(OCC(N)=O)cc3)cc2)cc1C. The van der Waals surface area contributed by atoms with Gasteiger partial charge in [-0.15, -0.1) is 0 Å². The van der Waals surface area contributed by atoms with Gasteiger partial charge in [0.15, 0.2) is 6.61 Å². The van der Waals surface area contributed by atoms with E-state index in [1.807, 2.05) is 24.3 Å². The van der Waals surface area contributed by atoms with Crippen LogP contribution in [-0.4, -0.2) is 18.4 Å². The van der Waals surface area contributed by atoms with Gasteiger partial charge in [0.25, 0.3) is 11.8 Å². The highest BCUT2D eigenvalue weighted by Crippen LogP contribution is 2.30. The summed E-state index contributed by atoms with van der Waals surface area (Å²) < 4.78 is 5.19. The van der Waals surface area contributed by atoms with Crippen LogP contribution in [0.1, 0.15) is 21.5 Å². The van der Waals surface area contributed by atoms with Gasteiger partial charge in [-0.05, 0) is 85.6 Å². The van der Waals surface area contributed by atoms with Gasteiger partial charge in [0, 0.05) is 21.0 Å². The van der Waals surface area contributed by atoms with Crippen LogP contribution in [0.5, 0.6) is 5.75 Å². The Balaban J connectivity index is 1.59. The van der Waals surface area contributed by atoms with Crippen LogP contribution in [0.2, 0.25) is 0 Å². The van der Waals surface area contributed by atoms with Crippen molar-refractivity contribution < 1.29 is 14.3 Å². The molecule has 0 bridgehead atoms. The van der Waals surface area contributed by atoms with Crippen LogP contribution in [0, 0.1) is 13.8 Å². The third-order valence-electron chi connectivity index (χ3n) is 4.32. The van der Waals surface area contributed by atoms with E-state index in [9.17, 15) is 9.59 Å². The number of hydrogen-bond donors (Lipinski definition) is 2. The molecule has 0 unspecified atom stereocenters. The molecule has 3 N–H and O–H groups in total. The second kappa shape index (κ2) is 9.30. The lowest BCUT2D eigenvalue weighted by atomic mass is 10.1. The molecule has 3 aromatic carbocycles. The molecule has 0 heterocycles. The third-order valence-corrected chi connectivity index (χ3v) is 5.32. The van der Waals surface area contributed by atoms with Crippen LogP contribution in [0.25, 0.3) is 0 Å². The first kappa shape index (κ1) is 20.5. The van der Waals surface area contributed by atoms with E-state index in [2.05, 4.69) is 37.4 Å². The molecule has 0 fully saturated rings. The number of nitrogens with one attached hydrogen (secondary N) is 1. The number of nitrogens with two attached hydrogens (primary N) is 1. The van der Waals surface area contributed by atoms with Crippen molar-refractivity contribution in [1.29, 1.82) is 0 Å². The number of aryl methyl sites for hydroxylation is 2. The summed E-state index contributed by atoms with van der Waals surface area (Å²) in [6.07, 6.45) is 0. The molecule has 29 heavy (non-hydrogen) atoms. The standard InChI is InChI=1S/C23H22N2O3S/c1-15-3-10-21(13-16(15)2)29-20-11-6-18(7-12-20)25-23(27)17-4-8-19(9-5-17)28-14-22(24)26/h3-13H,14H2,1-2H3,(H2,24,26)(H,25,27). The zero-order valence-electron chi connectivity index (χ0n) is 16.3. The zero-order chi connectivity index (χ0) is 20.8. The van der Waals surface area contributed by atoms with Gasteiger partial charge in [-0.2, -0.15) is 0 Å². The molecule has 0 aliphatic rings. The molecular weight excluding hydrogens is 384 g/mol. The smallest absolute Gasteiger partial charge is 0.255 e. The Morgan fingerprint density at radius 1 is 0.897 bits per heavy atom. The molecule has 0 aliphatic carbocycles. The molecular formula is C23H22N2O3S. The van der Waals surface area contributed by atoms with Crippen LogP contribution in [-0.2, 0) is 4.79 Å². The van der Waals surface area contributed by atoms with Gasteiger partial charge in [0.2, 0.25) is 0 Å². The summed E-state index contributed by atoms with van der Waals surface area (Å²) in [6.45, 7) is 4.01. The third kappa shape index (κ3) is 5.86. The molecule has 0 radical (unpaired) electrons. The molecule has 0 spiro atoms. The molecule has 6 heteroatoms. The van der Waals surface area contributed by atoms with Crippen molar-refractivity contribution in [3.05, 3.63) is 83.4 Å². The van der Waals surface area contributed by atoms with Crippen molar-refractivity contribution in [3.8, 4) is 5.75 Å². The van der Waals surface area contributed by atoms with Crippen LogP contribution in [0.3, 0.4) is 0 Å². The number of amides is 2. The van der Waals surface area contributed by atoms with Crippen LogP contribution in [0.15, 0.2) is 76.5 Å². The van der Waals surface area contributed by atoms with Crippen LogP contribution in [0.4, 0.5) is 5.69 Å². The summed E-state index contributed by atoms with van der Waals surface area (Å²) in [5.41, 5.74) is 8.79. The van der Waals surface area contributed by atoms with Gasteiger partial charge in [-0.3, -0.25) is 9.59 Å². The zero-order valence-corrected chi connectivity index (χ0v) is 17.1. The summed E-state index contributed by atoms with van der Waals surface area (Å²) in [7, 11) is 0. The molecule has 0 aliphatic heterocycles. The van der Waals surface area contributed by atoms with E-state index in [1.165, 1.54) is 16.0 Å². The fourth-order valence-corrected chi connectivity index (χ4v) is 3.50. The number of hydrogen-bond acceptors (Lipinski definition) is 4. The lowest BCUT2D eigenvalue weighted by Crippen LogP contribution is -2.20. The number of carbonyl (C=O) groups is 2. The van der Waals surface area contributed by atoms with E-state index in [1.54, 1.807) is 36.0 Å². The minimum Gasteiger partial charge on any atom is -0.484 e. The van der Waals surface area contributed by atoms with Crippen LogP contribution >= 0.6 is 11.8 Å². The first-order chi connectivity index (χ1) is 13.9. The minimum atomic E-state index is -0.550. The Hall–Kier alpha value is -3.25. The molecule has 0 aromatic heterocycles. The van der Waals surface area contributed by atoms with Crippen molar-refractivity contribution >= 4 is 29.3 Å². The number of benzene rings is 3. The Morgan fingerprint density at radius 3 is 2.17 bits per heavy atom. The Morgan fingerprint density at radius 2 is 1.55 bits per heavy atom. The lowest BCUT2D eigenvalue weighted by Gasteiger charge is -2.08. The van der Waals surface area contributed by atoms with E-state index in [-0.39, 0.29) is 12.5 Å². The van der Waals surface area contributed by atoms with Gasteiger partial charge < -0.3 is 15.8 Å². The van der Waals surface area contributed by atoms with Crippen molar-refractivity contribution in [3.63, 3.8) is 0 Å². The van der Waals surface area contributed by atoms with Gasteiger partial charge in [-0.1, -0.05) is 17.8 Å². The van der Waals surface area contributed by atoms with Gasteiger partial charge in [0.05, 0.1) is 0 Å². The van der Waals surface area contributed by atoms with Crippen LogP contribution < -0.4 is 15.8 Å². The van der Waals surface area contributed by atoms with Crippen molar-refractivity contribution in [2.75, 3.05) is 11.9 Å². The van der Waals surface area contributed by atoms with E-state index in [0.717, 1.165) is 4.90 Å². The molecule has 2 amide bonds. The summed E-state index contributed by atoms with van der Waals surface area (Å²) in [4.78, 5) is 25.4. The first-order valence-corrected chi connectivity index (χ1v) is 9.90. The van der Waals surface area contributed by atoms with Gasteiger partial charge >= 0.3 is 0 Å².